The molecular formula is C14H10Cl2O. The Morgan fingerprint density at radius 2 is 1.06 bits per heavy atom. The average Bonchev–Trinajstić information content (AvgIpc) is 2.96. The van der Waals surface area contributed by atoms with Crippen LogP contribution >= 0.6 is 23.2 Å². The Bertz CT molecular complexity index is 483. The number of halogens is 2. The first-order valence-electron chi connectivity index (χ1n) is 5.36. The number of benzene rings is 2. The first kappa shape index (κ1) is 11.1. The molecule has 2 aromatic rings. The number of ether oxygens (including phenoxy) is 1. The summed E-state index contributed by atoms with van der Waals surface area (Å²) in [5.41, 5.74) is 1.20. The molecule has 1 fully saturated rings. The lowest BCUT2D eigenvalue weighted by Crippen LogP contribution is -2.16. The van der Waals surface area contributed by atoms with Gasteiger partial charge in [0.15, 0.2) is 5.60 Å². The van der Waals surface area contributed by atoms with Crippen LogP contribution in [-0.4, -0.2) is 4.52 Å². The quantitative estimate of drug-likeness (QED) is 0.588. The van der Waals surface area contributed by atoms with Crippen LogP contribution in [0.15, 0.2) is 60.7 Å². The minimum atomic E-state index is -1.18. The minimum Gasteiger partial charge on any atom is -0.321 e. The van der Waals surface area contributed by atoms with Gasteiger partial charge in [0.2, 0.25) is 0 Å². The van der Waals surface area contributed by atoms with Gasteiger partial charge >= 0.3 is 0 Å². The Morgan fingerprint density at radius 3 is 1.35 bits per heavy atom. The van der Waals surface area contributed by atoms with Gasteiger partial charge in [0.1, 0.15) is 0 Å². The Kier molecular flexibility index (Phi) is 2.44. The normalized spacial score (nSPS) is 19.9. The molecular weight excluding hydrogens is 255 g/mol. The third kappa shape index (κ3) is 1.58. The van der Waals surface area contributed by atoms with E-state index in [9.17, 15) is 0 Å². The maximum Gasteiger partial charge on any atom is 0.257 e. The predicted molar refractivity (Wildman–Crippen MR) is 69.2 cm³/mol. The summed E-state index contributed by atoms with van der Waals surface area (Å²) in [6.45, 7) is 0. The van der Waals surface area contributed by atoms with Crippen molar-refractivity contribution in [2.24, 2.45) is 0 Å². The lowest BCUT2D eigenvalue weighted by atomic mass is 9.91. The molecule has 2 aromatic carbocycles. The van der Waals surface area contributed by atoms with Gasteiger partial charge in [0.25, 0.3) is 4.52 Å². The molecule has 0 unspecified atom stereocenters. The van der Waals surface area contributed by atoms with Crippen molar-refractivity contribution < 1.29 is 4.74 Å². The summed E-state index contributed by atoms with van der Waals surface area (Å²) >= 11 is 12.4. The second kappa shape index (κ2) is 3.74. The number of rotatable bonds is 2. The van der Waals surface area contributed by atoms with Crippen LogP contribution in [0.25, 0.3) is 0 Å². The number of alkyl halides is 2. The minimum absolute atomic E-state index is 0.737. The Balaban J connectivity index is 2.15. The Morgan fingerprint density at radius 1 is 0.706 bits per heavy atom. The van der Waals surface area contributed by atoms with Crippen molar-refractivity contribution >= 4 is 23.2 Å². The molecule has 0 aromatic heterocycles. The van der Waals surface area contributed by atoms with E-state index in [1.807, 2.05) is 60.7 Å². The van der Waals surface area contributed by atoms with E-state index in [-0.39, 0.29) is 0 Å². The molecule has 3 rings (SSSR count). The first-order chi connectivity index (χ1) is 8.17. The second-order valence-corrected chi connectivity index (χ2v) is 5.29. The lowest BCUT2D eigenvalue weighted by molar-refractivity contribution is 0.336. The molecule has 1 heterocycles. The van der Waals surface area contributed by atoms with Gasteiger partial charge in [-0.3, -0.25) is 0 Å². The predicted octanol–water partition coefficient (Wildman–Crippen LogP) is 4.09. The van der Waals surface area contributed by atoms with Gasteiger partial charge < -0.3 is 4.74 Å². The number of epoxide rings is 1. The Hall–Kier alpha value is -1.02. The summed E-state index contributed by atoms with van der Waals surface area (Å²) in [4.78, 5) is 0. The molecule has 0 bridgehead atoms. The van der Waals surface area contributed by atoms with E-state index >= 15 is 0 Å². The van der Waals surface area contributed by atoms with Crippen molar-refractivity contribution in [2.75, 3.05) is 0 Å². The zero-order chi connectivity index (χ0) is 11.9. The maximum absolute atomic E-state index is 6.18. The number of hydrogen-bond acceptors (Lipinski definition) is 1. The van der Waals surface area contributed by atoms with Gasteiger partial charge in [-0.2, -0.15) is 0 Å². The fraction of sp³-hybridized carbons (Fsp3) is 0.143. The van der Waals surface area contributed by atoms with E-state index in [2.05, 4.69) is 0 Å². The topological polar surface area (TPSA) is 12.5 Å². The molecule has 1 aliphatic heterocycles. The summed E-state index contributed by atoms with van der Waals surface area (Å²) in [6.07, 6.45) is 0. The molecule has 17 heavy (non-hydrogen) atoms. The van der Waals surface area contributed by atoms with Crippen LogP contribution in [0.5, 0.6) is 0 Å². The highest BCUT2D eigenvalue weighted by Gasteiger charge is 2.71. The highest BCUT2D eigenvalue weighted by atomic mass is 35.5. The SMILES string of the molecule is ClC1(Cl)OC1(c1ccccc1)c1ccccc1. The monoisotopic (exact) mass is 264 g/mol. The van der Waals surface area contributed by atoms with Gasteiger partial charge in [-0.15, -0.1) is 0 Å². The molecule has 0 amide bonds. The van der Waals surface area contributed by atoms with Crippen molar-refractivity contribution in [3.05, 3.63) is 71.8 Å². The molecule has 86 valence electrons. The van der Waals surface area contributed by atoms with E-state index in [0.29, 0.717) is 0 Å². The Labute approximate surface area is 110 Å². The van der Waals surface area contributed by atoms with Gasteiger partial charge in [-0.25, -0.2) is 0 Å². The lowest BCUT2D eigenvalue weighted by Gasteiger charge is -2.13. The van der Waals surface area contributed by atoms with E-state index in [0.717, 1.165) is 11.1 Å². The molecule has 1 saturated heterocycles. The molecule has 0 spiro atoms. The van der Waals surface area contributed by atoms with E-state index in [1.54, 1.807) is 0 Å². The highest BCUT2D eigenvalue weighted by molar-refractivity contribution is 6.50. The fourth-order valence-electron chi connectivity index (χ4n) is 2.13. The van der Waals surface area contributed by atoms with E-state index < -0.39 is 10.1 Å². The van der Waals surface area contributed by atoms with E-state index in [4.69, 9.17) is 27.9 Å². The van der Waals surface area contributed by atoms with Gasteiger partial charge in [0, 0.05) is 0 Å². The molecule has 3 heteroatoms. The molecule has 0 atom stereocenters. The van der Waals surface area contributed by atoms with Crippen LogP contribution in [0.1, 0.15) is 11.1 Å². The van der Waals surface area contributed by atoms with Crippen LogP contribution in [0.2, 0.25) is 0 Å². The average molecular weight is 265 g/mol. The van der Waals surface area contributed by atoms with Crippen LogP contribution in [0, 0.1) is 0 Å². The summed E-state index contributed by atoms with van der Waals surface area (Å²) in [7, 11) is 0. The molecule has 0 aliphatic carbocycles. The zero-order valence-corrected chi connectivity index (χ0v) is 10.4. The maximum atomic E-state index is 6.18. The standard InChI is InChI=1S/C14H10Cl2O/c15-14(16)13(17-14,11-7-3-1-4-8-11)12-9-5-2-6-10-12/h1-10H. The first-order valence-corrected chi connectivity index (χ1v) is 6.11. The molecule has 0 radical (unpaired) electrons. The van der Waals surface area contributed by atoms with Gasteiger partial charge in [-0.05, 0) is 11.1 Å². The van der Waals surface area contributed by atoms with Crippen LogP contribution in [-0.2, 0) is 10.3 Å². The third-order valence-corrected chi connectivity index (χ3v) is 3.70. The molecule has 1 nitrogen and oxygen atoms in total. The highest BCUT2D eigenvalue weighted by Crippen LogP contribution is 2.64. The smallest absolute Gasteiger partial charge is 0.257 e. The van der Waals surface area contributed by atoms with Crippen molar-refractivity contribution in [1.82, 2.24) is 0 Å². The van der Waals surface area contributed by atoms with Gasteiger partial charge in [-0.1, -0.05) is 83.9 Å². The van der Waals surface area contributed by atoms with Crippen molar-refractivity contribution in [3.63, 3.8) is 0 Å². The molecule has 0 saturated carbocycles. The van der Waals surface area contributed by atoms with Crippen LogP contribution < -0.4 is 0 Å². The third-order valence-electron chi connectivity index (χ3n) is 3.01. The summed E-state index contributed by atoms with van der Waals surface area (Å²) in [5, 5.41) is 0. The second-order valence-electron chi connectivity index (χ2n) is 4.03. The summed E-state index contributed by atoms with van der Waals surface area (Å²) < 4.78 is 4.41. The van der Waals surface area contributed by atoms with Crippen molar-refractivity contribution in [2.45, 2.75) is 10.1 Å². The van der Waals surface area contributed by atoms with Crippen LogP contribution in [0.4, 0.5) is 0 Å². The summed E-state index contributed by atoms with van der Waals surface area (Å²) in [5.74, 6) is 0. The van der Waals surface area contributed by atoms with E-state index in [1.165, 1.54) is 0 Å². The zero-order valence-electron chi connectivity index (χ0n) is 8.94. The molecule has 0 N–H and O–H groups in total. The van der Waals surface area contributed by atoms with Gasteiger partial charge in [0.05, 0.1) is 0 Å². The van der Waals surface area contributed by atoms with Crippen LogP contribution in [0.3, 0.4) is 0 Å². The van der Waals surface area contributed by atoms with Crippen molar-refractivity contribution in [1.29, 1.82) is 0 Å². The fourth-order valence-corrected chi connectivity index (χ4v) is 2.80. The number of hydrogen-bond donors (Lipinski definition) is 0. The summed E-state index contributed by atoms with van der Waals surface area (Å²) in [6, 6.07) is 19.6. The largest absolute Gasteiger partial charge is 0.321 e. The van der Waals surface area contributed by atoms with Crippen molar-refractivity contribution in [3.8, 4) is 0 Å². The molecule has 1 aliphatic rings.